The fraction of sp³-hybridized carbons (Fsp3) is 0.600. The van der Waals surface area contributed by atoms with E-state index in [0.29, 0.717) is 11.3 Å². The lowest BCUT2D eigenvalue weighted by atomic mass is 9.96. The van der Waals surface area contributed by atoms with Crippen LogP contribution in [-0.4, -0.2) is 21.3 Å². The Kier molecular flexibility index (Phi) is 3.37. The zero-order valence-electron chi connectivity index (χ0n) is 8.10. The number of hydrogen-bond acceptors (Lipinski definition) is 4. The smallest absolute Gasteiger partial charge is 0.116 e. The number of nitrogens with zero attached hydrogens (tertiary/aromatic N) is 2. The summed E-state index contributed by atoms with van der Waals surface area (Å²) in [6, 6.07) is 2.35. The third kappa shape index (κ3) is 2.69. The molecule has 1 aromatic rings. The standard InChI is InChI=1S/C10H15N3S/c11-8-2-1-3-9(6-8)14-10-4-5-12-7-13-10/h4-5,7-9H,1-3,6,11H2. The molecule has 2 N–H and O–H groups in total. The first kappa shape index (κ1) is 9.93. The Balaban J connectivity index is 1.91. The van der Waals surface area contributed by atoms with Crippen molar-refractivity contribution in [2.24, 2.45) is 5.73 Å². The molecule has 4 heteroatoms. The second kappa shape index (κ2) is 4.75. The summed E-state index contributed by atoms with van der Waals surface area (Å²) in [7, 11) is 0. The average molecular weight is 209 g/mol. The highest BCUT2D eigenvalue weighted by atomic mass is 32.2. The summed E-state index contributed by atoms with van der Waals surface area (Å²) in [6.07, 6.45) is 8.21. The van der Waals surface area contributed by atoms with Crippen LogP contribution in [0.25, 0.3) is 0 Å². The molecule has 2 rings (SSSR count). The Morgan fingerprint density at radius 3 is 3.07 bits per heavy atom. The monoisotopic (exact) mass is 209 g/mol. The summed E-state index contributed by atoms with van der Waals surface area (Å²) in [4.78, 5) is 8.11. The van der Waals surface area contributed by atoms with E-state index in [1.54, 1.807) is 12.5 Å². The lowest BCUT2D eigenvalue weighted by Gasteiger charge is -2.25. The summed E-state index contributed by atoms with van der Waals surface area (Å²) in [5.74, 6) is 0. The van der Waals surface area contributed by atoms with E-state index in [4.69, 9.17) is 5.73 Å². The van der Waals surface area contributed by atoms with Crippen molar-refractivity contribution in [3.63, 3.8) is 0 Å². The van der Waals surface area contributed by atoms with Crippen molar-refractivity contribution in [2.45, 2.75) is 42.0 Å². The zero-order chi connectivity index (χ0) is 9.80. The quantitative estimate of drug-likeness (QED) is 0.755. The van der Waals surface area contributed by atoms with Crippen molar-refractivity contribution in [1.29, 1.82) is 0 Å². The van der Waals surface area contributed by atoms with Crippen molar-refractivity contribution in [3.05, 3.63) is 18.6 Å². The van der Waals surface area contributed by atoms with Crippen LogP contribution in [0, 0.1) is 0 Å². The van der Waals surface area contributed by atoms with Gasteiger partial charge in [0.2, 0.25) is 0 Å². The van der Waals surface area contributed by atoms with Gasteiger partial charge in [-0.15, -0.1) is 11.8 Å². The lowest BCUT2D eigenvalue weighted by Crippen LogP contribution is -2.29. The Bertz CT molecular complexity index is 278. The Labute approximate surface area is 88.5 Å². The van der Waals surface area contributed by atoms with Crippen LogP contribution in [0.1, 0.15) is 25.7 Å². The first-order chi connectivity index (χ1) is 6.84. The van der Waals surface area contributed by atoms with Gasteiger partial charge in [-0.2, -0.15) is 0 Å². The molecule has 0 bridgehead atoms. The van der Waals surface area contributed by atoms with Crippen LogP contribution in [0.2, 0.25) is 0 Å². The van der Waals surface area contributed by atoms with E-state index in [-0.39, 0.29) is 0 Å². The molecule has 1 aliphatic carbocycles. The largest absolute Gasteiger partial charge is 0.328 e. The van der Waals surface area contributed by atoms with Crippen molar-refractivity contribution >= 4 is 11.8 Å². The van der Waals surface area contributed by atoms with Crippen LogP contribution < -0.4 is 5.73 Å². The highest BCUT2D eigenvalue weighted by Crippen LogP contribution is 2.31. The molecule has 1 heterocycles. The molecule has 3 nitrogen and oxygen atoms in total. The molecular formula is C10H15N3S. The van der Waals surface area contributed by atoms with Crippen LogP contribution in [0.5, 0.6) is 0 Å². The molecular weight excluding hydrogens is 194 g/mol. The lowest BCUT2D eigenvalue weighted by molar-refractivity contribution is 0.451. The average Bonchev–Trinajstić information content (AvgIpc) is 2.19. The Morgan fingerprint density at radius 1 is 1.43 bits per heavy atom. The van der Waals surface area contributed by atoms with Gasteiger partial charge in [-0.1, -0.05) is 6.42 Å². The van der Waals surface area contributed by atoms with Gasteiger partial charge in [0.05, 0.1) is 5.03 Å². The number of nitrogens with two attached hydrogens (primary N) is 1. The van der Waals surface area contributed by atoms with Crippen molar-refractivity contribution in [2.75, 3.05) is 0 Å². The van der Waals surface area contributed by atoms with Gasteiger partial charge in [0.1, 0.15) is 6.33 Å². The molecule has 2 atom stereocenters. The van der Waals surface area contributed by atoms with Gasteiger partial charge in [-0.05, 0) is 25.3 Å². The first-order valence-electron chi connectivity index (χ1n) is 5.03. The van der Waals surface area contributed by atoms with Crippen LogP contribution >= 0.6 is 11.8 Å². The van der Waals surface area contributed by atoms with Crippen molar-refractivity contribution in [3.8, 4) is 0 Å². The SMILES string of the molecule is NC1CCCC(Sc2ccncn2)C1. The minimum Gasteiger partial charge on any atom is -0.328 e. The van der Waals surface area contributed by atoms with E-state index in [1.807, 2.05) is 17.8 Å². The molecule has 2 unspecified atom stereocenters. The topological polar surface area (TPSA) is 51.8 Å². The minimum absolute atomic E-state index is 0.392. The molecule has 0 aliphatic heterocycles. The van der Waals surface area contributed by atoms with E-state index < -0.39 is 0 Å². The van der Waals surface area contributed by atoms with Gasteiger partial charge in [0.15, 0.2) is 0 Å². The molecule has 0 amide bonds. The minimum atomic E-state index is 0.392. The van der Waals surface area contributed by atoms with Crippen LogP contribution in [-0.2, 0) is 0 Å². The number of thioether (sulfide) groups is 1. The van der Waals surface area contributed by atoms with Gasteiger partial charge in [-0.25, -0.2) is 9.97 Å². The highest BCUT2D eigenvalue weighted by Gasteiger charge is 2.20. The Morgan fingerprint density at radius 2 is 2.36 bits per heavy atom. The van der Waals surface area contributed by atoms with Crippen molar-refractivity contribution < 1.29 is 0 Å². The second-order valence-electron chi connectivity index (χ2n) is 3.71. The van der Waals surface area contributed by atoms with Crippen LogP contribution in [0.3, 0.4) is 0 Å². The van der Waals surface area contributed by atoms with E-state index >= 15 is 0 Å². The highest BCUT2D eigenvalue weighted by molar-refractivity contribution is 7.99. The predicted octanol–water partition coefficient (Wildman–Crippen LogP) is 1.84. The fourth-order valence-corrected chi connectivity index (χ4v) is 3.02. The maximum atomic E-state index is 5.93. The molecule has 1 aromatic heterocycles. The van der Waals surface area contributed by atoms with Gasteiger partial charge in [0, 0.05) is 17.5 Å². The predicted molar refractivity (Wildman–Crippen MR) is 58.1 cm³/mol. The summed E-state index contributed by atoms with van der Waals surface area (Å²) < 4.78 is 0. The maximum Gasteiger partial charge on any atom is 0.116 e. The molecule has 0 spiro atoms. The van der Waals surface area contributed by atoms with Gasteiger partial charge < -0.3 is 5.73 Å². The number of aromatic nitrogens is 2. The summed E-state index contributed by atoms with van der Waals surface area (Å²) >= 11 is 1.84. The molecule has 0 saturated heterocycles. The van der Waals surface area contributed by atoms with Gasteiger partial charge >= 0.3 is 0 Å². The van der Waals surface area contributed by atoms with Gasteiger partial charge in [-0.3, -0.25) is 0 Å². The number of rotatable bonds is 2. The maximum absolute atomic E-state index is 5.93. The second-order valence-corrected chi connectivity index (χ2v) is 5.03. The Hall–Kier alpha value is -0.610. The van der Waals surface area contributed by atoms with Gasteiger partial charge in [0.25, 0.3) is 0 Å². The van der Waals surface area contributed by atoms with Crippen LogP contribution in [0.15, 0.2) is 23.6 Å². The third-order valence-electron chi connectivity index (χ3n) is 2.51. The molecule has 0 aromatic carbocycles. The van der Waals surface area contributed by atoms with E-state index in [0.717, 1.165) is 11.4 Å². The fourth-order valence-electron chi connectivity index (χ4n) is 1.81. The van der Waals surface area contributed by atoms with Crippen LogP contribution in [0.4, 0.5) is 0 Å². The summed E-state index contributed by atoms with van der Waals surface area (Å²) in [5.41, 5.74) is 5.93. The third-order valence-corrected chi connectivity index (χ3v) is 3.75. The molecule has 14 heavy (non-hydrogen) atoms. The van der Waals surface area contributed by atoms with E-state index in [2.05, 4.69) is 9.97 Å². The first-order valence-corrected chi connectivity index (χ1v) is 5.91. The molecule has 0 radical (unpaired) electrons. The molecule has 1 fully saturated rings. The van der Waals surface area contributed by atoms with E-state index in [1.165, 1.54) is 19.3 Å². The molecule has 1 saturated carbocycles. The van der Waals surface area contributed by atoms with Crippen molar-refractivity contribution in [1.82, 2.24) is 9.97 Å². The summed E-state index contributed by atoms with van der Waals surface area (Å²) in [6.45, 7) is 0. The zero-order valence-corrected chi connectivity index (χ0v) is 8.91. The summed E-state index contributed by atoms with van der Waals surface area (Å²) in [5, 5.41) is 1.72. The number of hydrogen-bond donors (Lipinski definition) is 1. The normalized spacial score (nSPS) is 27.5. The van der Waals surface area contributed by atoms with E-state index in [9.17, 15) is 0 Å². The molecule has 1 aliphatic rings. The molecule has 76 valence electrons.